The number of hydrogen-bond acceptors (Lipinski definition) is 10. The van der Waals surface area contributed by atoms with Crippen molar-refractivity contribution in [2.75, 3.05) is 90.5 Å². The smallest absolute Gasteiger partial charge is 0.410 e. The second-order valence-corrected chi connectivity index (χ2v) is 16.8. The molecule has 0 saturated carbocycles. The highest BCUT2D eigenvalue weighted by molar-refractivity contribution is 5.91. The molecule has 4 fully saturated rings. The molecule has 15 heteroatoms. The highest BCUT2D eigenvalue weighted by Gasteiger charge is 2.37. The van der Waals surface area contributed by atoms with Crippen molar-refractivity contribution in [2.24, 2.45) is 0 Å². The third-order valence-corrected chi connectivity index (χ3v) is 12.9. The number of ether oxygens (including phenoxy) is 2. The maximum absolute atomic E-state index is 14.2. The van der Waals surface area contributed by atoms with Crippen LogP contribution in [-0.4, -0.2) is 168 Å². The number of carbonyl (C=O) groups excluding carboxylic acids is 5. The molecule has 5 aliphatic rings. The molecule has 5 aliphatic heterocycles. The molecule has 5 heterocycles. The molecule has 2 aromatic rings. The molecule has 0 unspecified atom stereocenters. The Hall–Kier alpha value is -4.89. The third-order valence-electron chi connectivity index (χ3n) is 12.9. The van der Waals surface area contributed by atoms with Gasteiger partial charge >= 0.3 is 18.1 Å². The van der Waals surface area contributed by atoms with Gasteiger partial charge in [-0.25, -0.2) is 9.59 Å². The van der Waals surface area contributed by atoms with Crippen molar-refractivity contribution in [3.05, 3.63) is 58.7 Å². The predicted molar refractivity (Wildman–Crippen MR) is 221 cm³/mol. The van der Waals surface area contributed by atoms with Crippen molar-refractivity contribution < 1.29 is 38.6 Å². The van der Waals surface area contributed by atoms with E-state index < -0.39 is 12.2 Å². The molecule has 0 spiro atoms. The van der Waals surface area contributed by atoms with Crippen molar-refractivity contribution in [1.29, 1.82) is 0 Å². The lowest BCUT2D eigenvalue weighted by Crippen LogP contribution is -2.55. The maximum atomic E-state index is 14.2. The van der Waals surface area contributed by atoms with Crippen LogP contribution in [0, 0.1) is 13.8 Å². The number of phenolic OH excluding ortho intramolecular Hbond substituents is 1. The van der Waals surface area contributed by atoms with Gasteiger partial charge in [0.25, 0.3) is 5.91 Å². The number of anilines is 1. The summed E-state index contributed by atoms with van der Waals surface area (Å²) in [6, 6.07) is 11.7. The van der Waals surface area contributed by atoms with Crippen molar-refractivity contribution in [1.82, 2.24) is 29.4 Å². The number of benzene rings is 2. The van der Waals surface area contributed by atoms with Crippen LogP contribution in [0.25, 0.3) is 0 Å². The van der Waals surface area contributed by atoms with E-state index in [1.165, 1.54) is 0 Å². The van der Waals surface area contributed by atoms with E-state index in [2.05, 4.69) is 15.1 Å². The summed E-state index contributed by atoms with van der Waals surface area (Å²) in [4.78, 5) is 77.2. The Morgan fingerprint density at radius 2 is 1.51 bits per heavy atom. The molecule has 0 aliphatic carbocycles. The van der Waals surface area contributed by atoms with Crippen LogP contribution >= 0.6 is 0 Å². The first-order chi connectivity index (χ1) is 28.5. The molecule has 59 heavy (non-hydrogen) atoms. The molecule has 2 aromatic carbocycles. The van der Waals surface area contributed by atoms with Gasteiger partial charge in [0.2, 0.25) is 5.91 Å². The number of aromatic hydroxyl groups is 1. The van der Waals surface area contributed by atoms with Crippen molar-refractivity contribution in [2.45, 2.75) is 89.8 Å². The highest BCUT2D eigenvalue weighted by Crippen LogP contribution is 2.28. The number of nitrogens with one attached hydrogen (secondary N) is 1. The first-order valence-electron chi connectivity index (χ1n) is 21.6. The SMILES string of the molecule is Cc1cc(C[C@@H](OC(=O)N2CCC(N3CCc4ccccc4NC3=O)CC2)C(=O)N2CCC(N3CCN(CC(=O)OCCCN4CCCC4=O)CC3)CC2)cc(C)c1O. The number of nitrogens with zero attached hydrogens (tertiary/aromatic N) is 6. The zero-order valence-corrected chi connectivity index (χ0v) is 34.7. The van der Waals surface area contributed by atoms with Gasteiger partial charge in [0, 0.05) is 103 Å². The van der Waals surface area contributed by atoms with Gasteiger partial charge < -0.3 is 39.5 Å². The van der Waals surface area contributed by atoms with Gasteiger partial charge in [-0.15, -0.1) is 0 Å². The number of esters is 1. The molecule has 320 valence electrons. The second-order valence-electron chi connectivity index (χ2n) is 16.8. The Morgan fingerprint density at radius 3 is 2.20 bits per heavy atom. The van der Waals surface area contributed by atoms with Gasteiger partial charge in [-0.05, 0) is 87.1 Å². The molecule has 7 rings (SSSR count). The van der Waals surface area contributed by atoms with Gasteiger partial charge in [-0.2, -0.15) is 0 Å². The lowest BCUT2D eigenvalue weighted by atomic mass is 9.98. The van der Waals surface area contributed by atoms with Crippen LogP contribution in [0.5, 0.6) is 5.75 Å². The maximum Gasteiger partial charge on any atom is 0.410 e. The number of urea groups is 1. The number of aryl methyl sites for hydroxylation is 2. The molecule has 1 atom stereocenters. The van der Waals surface area contributed by atoms with Crippen LogP contribution in [0.2, 0.25) is 0 Å². The van der Waals surface area contributed by atoms with Gasteiger partial charge in [0.05, 0.1) is 13.2 Å². The number of carbonyl (C=O) groups is 5. The van der Waals surface area contributed by atoms with Crippen molar-refractivity contribution >= 4 is 35.6 Å². The minimum absolute atomic E-state index is 0.0104. The van der Waals surface area contributed by atoms with E-state index in [-0.39, 0.29) is 48.6 Å². The van der Waals surface area contributed by atoms with Crippen LogP contribution in [-0.2, 0) is 36.7 Å². The van der Waals surface area contributed by atoms with Crippen LogP contribution in [0.4, 0.5) is 15.3 Å². The minimum Gasteiger partial charge on any atom is -0.507 e. The van der Waals surface area contributed by atoms with E-state index in [0.717, 1.165) is 75.2 Å². The summed E-state index contributed by atoms with van der Waals surface area (Å²) in [5.41, 5.74) is 4.16. The predicted octanol–water partition coefficient (Wildman–Crippen LogP) is 3.78. The first-order valence-corrected chi connectivity index (χ1v) is 21.6. The zero-order chi connectivity index (χ0) is 41.5. The summed E-state index contributed by atoms with van der Waals surface area (Å²) in [6.45, 7) is 11.4. The fourth-order valence-electron chi connectivity index (χ4n) is 9.40. The Balaban J connectivity index is 0.883. The Bertz CT molecular complexity index is 1810. The molecule has 0 aromatic heterocycles. The number of likely N-dealkylation sites (tertiary alicyclic amines) is 3. The standard InChI is InChI=1S/C44H61N7O8/c1-31-27-33(28-32(2)41(31)54)29-38(59-44(57)50-19-13-36(14-20-50)51-21-10-34-7-3-4-8-37(34)45-43(51)56)42(55)49-17-11-35(12-18-49)47-24-22-46(23-25-47)30-40(53)58-26-6-16-48-15-5-9-39(48)52/h3-4,7-8,27-28,35-36,38,54H,5-6,9-26,29-30H2,1-2H3,(H,45,56)/t38-/m1/s1. The number of piperazine rings is 1. The zero-order valence-electron chi connectivity index (χ0n) is 34.7. The normalized spacial score (nSPS) is 20.6. The van der Waals surface area contributed by atoms with E-state index in [1.54, 1.807) is 4.90 Å². The third kappa shape index (κ3) is 10.7. The number of fused-ring (bicyclic) bond motifs is 1. The van der Waals surface area contributed by atoms with Gasteiger partial charge in [-0.1, -0.05) is 30.3 Å². The molecule has 5 amide bonds. The topological polar surface area (TPSA) is 156 Å². The molecule has 0 radical (unpaired) electrons. The summed E-state index contributed by atoms with van der Waals surface area (Å²) in [6.07, 6.45) is 4.40. The Labute approximate surface area is 347 Å². The van der Waals surface area contributed by atoms with Crippen molar-refractivity contribution in [3.8, 4) is 5.75 Å². The van der Waals surface area contributed by atoms with Crippen LogP contribution in [0.1, 0.15) is 67.2 Å². The lowest BCUT2D eigenvalue weighted by molar-refractivity contribution is -0.145. The number of para-hydroxylation sites is 1. The van der Waals surface area contributed by atoms with Gasteiger partial charge in [0.1, 0.15) is 5.75 Å². The van der Waals surface area contributed by atoms with Crippen molar-refractivity contribution in [3.63, 3.8) is 0 Å². The number of phenols is 1. The van der Waals surface area contributed by atoms with Gasteiger partial charge in [0.15, 0.2) is 6.10 Å². The summed E-state index contributed by atoms with van der Waals surface area (Å²) in [5, 5.41) is 13.5. The van der Waals surface area contributed by atoms with E-state index in [9.17, 15) is 29.1 Å². The second kappa shape index (κ2) is 19.4. The summed E-state index contributed by atoms with van der Waals surface area (Å²) in [5.74, 6) is -0.0519. The summed E-state index contributed by atoms with van der Waals surface area (Å²) >= 11 is 0. The van der Waals surface area contributed by atoms with E-state index in [4.69, 9.17) is 9.47 Å². The number of rotatable bonds is 12. The lowest BCUT2D eigenvalue weighted by Gasteiger charge is -2.43. The largest absolute Gasteiger partial charge is 0.507 e. The fraction of sp³-hybridized carbons (Fsp3) is 0.614. The molecular weight excluding hydrogens is 755 g/mol. The molecule has 15 nitrogen and oxygen atoms in total. The fourth-order valence-corrected chi connectivity index (χ4v) is 9.40. The summed E-state index contributed by atoms with van der Waals surface area (Å²) in [7, 11) is 0. The Morgan fingerprint density at radius 1 is 0.831 bits per heavy atom. The summed E-state index contributed by atoms with van der Waals surface area (Å²) < 4.78 is 11.6. The van der Waals surface area contributed by atoms with Crippen LogP contribution < -0.4 is 5.32 Å². The number of amides is 5. The van der Waals surface area contributed by atoms with E-state index in [1.807, 2.05) is 64.9 Å². The quantitative estimate of drug-likeness (QED) is 0.239. The molecule has 4 saturated heterocycles. The number of piperidine rings is 2. The monoisotopic (exact) mass is 815 g/mol. The van der Waals surface area contributed by atoms with Crippen LogP contribution in [0.3, 0.4) is 0 Å². The molecular formula is C44H61N7O8. The molecule has 2 N–H and O–H groups in total. The number of hydrogen-bond donors (Lipinski definition) is 2. The molecule has 0 bridgehead atoms. The highest BCUT2D eigenvalue weighted by atomic mass is 16.6. The average molecular weight is 816 g/mol. The minimum atomic E-state index is -1.03. The van der Waals surface area contributed by atoms with Crippen LogP contribution in [0.15, 0.2) is 36.4 Å². The first kappa shape index (κ1) is 42.2. The van der Waals surface area contributed by atoms with E-state index >= 15 is 0 Å². The average Bonchev–Trinajstić information content (AvgIpc) is 3.57. The Kier molecular flexibility index (Phi) is 13.9. The van der Waals surface area contributed by atoms with E-state index in [0.29, 0.717) is 88.7 Å². The van der Waals surface area contributed by atoms with Gasteiger partial charge in [-0.3, -0.25) is 24.2 Å².